The van der Waals surface area contributed by atoms with Gasteiger partial charge in [0.15, 0.2) is 11.5 Å². The van der Waals surface area contributed by atoms with Crippen LogP contribution in [-0.4, -0.2) is 80.1 Å². The molecule has 9 nitrogen and oxygen atoms in total. The monoisotopic (exact) mass is 536 g/mol. The smallest absolute Gasteiger partial charge is 0.250 e. The molecule has 0 aromatic heterocycles. The Morgan fingerprint density at radius 2 is 1.64 bits per heavy atom. The number of carbonyl (C=O) groups excluding carboxylic acids is 3. The number of likely N-dealkylation sites (tertiary alicyclic amines) is 1. The molecule has 210 valence electrons. The molecule has 0 aliphatic carbocycles. The first-order valence-electron chi connectivity index (χ1n) is 13.5. The highest BCUT2D eigenvalue weighted by Crippen LogP contribution is 2.40. The van der Waals surface area contributed by atoms with Crippen LogP contribution in [0.5, 0.6) is 11.5 Å². The molecule has 4 rings (SSSR count). The zero-order valence-corrected chi connectivity index (χ0v) is 23.7. The Morgan fingerprint density at radius 1 is 0.974 bits per heavy atom. The molecule has 2 aliphatic heterocycles. The SMILES string of the molecule is COc1ccc(CCNC(=O)CN2CN(c3ccccc3)C3(CCN(C(=O)C(C)(C)C)CC3)C2=O)cc1OC. The van der Waals surface area contributed by atoms with E-state index in [1.54, 1.807) is 19.1 Å². The Labute approximate surface area is 231 Å². The fourth-order valence-electron chi connectivity index (χ4n) is 5.49. The molecule has 0 radical (unpaired) electrons. The van der Waals surface area contributed by atoms with Crippen molar-refractivity contribution in [2.45, 2.75) is 45.6 Å². The van der Waals surface area contributed by atoms with E-state index in [0.29, 0.717) is 57.1 Å². The van der Waals surface area contributed by atoms with Crippen molar-refractivity contribution < 1.29 is 23.9 Å². The van der Waals surface area contributed by atoms with Crippen LogP contribution < -0.4 is 19.7 Å². The highest BCUT2D eigenvalue weighted by Gasteiger charge is 2.54. The third-order valence-electron chi connectivity index (χ3n) is 7.62. The van der Waals surface area contributed by atoms with Crippen LogP contribution in [0.15, 0.2) is 48.5 Å². The molecule has 9 heteroatoms. The predicted octanol–water partition coefficient (Wildman–Crippen LogP) is 3.08. The number of methoxy groups -OCH3 is 2. The molecular weight excluding hydrogens is 496 g/mol. The second-order valence-corrected chi connectivity index (χ2v) is 11.3. The summed E-state index contributed by atoms with van der Waals surface area (Å²) in [6, 6.07) is 15.5. The molecule has 2 heterocycles. The van der Waals surface area contributed by atoms with E-state index >= 15 is 0 Å². The number of nitrogens with one attached hydrogen (secondary N) is 1. The lowest BCUT2D eigenvalue weighted by Gasteiger charge is -2.44. The van der Waals surface area contributed by atoms with Gasteiger partial charge < -0.3 is 29.5 Å². The third-order valence-corrected chi connectivity index (χ3v) is 7.62. The number of rotatable bonds is 8. The van der Waals surface area contributed by atoms with Crippen LogP contribution in [0, 0.1) is 5.41 Å². The average molecular weight is 537 g/mol. The molecule has 0 atom stereocenters. The Bertz CT molecular complexity index is 1190. The summed E-state index contributed by atoms with van der Waals surface area (Å²) in [5, 5.41) is 2.95. The molecule has 2 aliphatic rings. The highest BCUT2D eigenvalue weighted by molar-refractivity contribution is 5.96. The lowest BCUT2D eigenvalue weighted by Crippen LogP contribution is -2.58. The fraction of sp³-hybridized carbons (Fsp3) is 0.500. The standard InChI is InChI=1S/C30H40N4O5/c1-29(2,3)27(36)32-17-14-30(15-18-32)28(37)33(21-34(30)23-9-7-6-8-10-23)20-26(35)31-16-13-22-11-12-24(38-4)25(19-22)39-5/h6-12,19H,13-18,20-21H2,1-5H3,(H,31,35). The van der Waals surface area contributed by atoms with Crippen LogP contribution in [0.3, 0.4) is 0 Å². The van der Waals surface area contributed by atoms with Gasteiger partial charge in [-0.1, -0.05) is 45.0 Å². The van der Waals surface area contributed by atoms with Crippen LogP contribution in [0.1, 0.15) is 39.2 Å². The van der Waals surface area contributed by atoms with E-state index < -0.39 is 11.0 Å². The van der Waals surface area contributed by atoms with Gasteiger partial charge in [-0.15, -0.1) is 0 Å². The Hall–Kier alpha value is -3.75. The number of nitrogens with zero attached hydrogens (tertiary/aromatic N) is 3. The van der Waals surface area contributed by atoms with E-state index in [9.17, 15) is 14.4 Å². The molecule has 0 saturated carbocycles. The number of ether oxygens (including phenoxy) is 2. The second-order valence-electron chi connectivity index (χ2n) is 11.3. The van der Waals surface area contributed by atoms with Crippen LogP contribution >= 0.6 is 0 Å². The lowest BCUT2D eigenvalue weighted by molar-refractivity contribution is -0.144. The maximum atomic E-state index is 13.9. The van der Waals surface area contributed by atoms with Crippen molar-refractivity contribution in [1.29, 1.82) is 0 Å². The predicted molar refractivity (Wildman–Crippen MR) is 150 cm³/mol. The van der Waals surface area contributed by atoms with Crippen LogP contribution in [0.4, 0.5) is 5.69 Å². The van der Waals surface area contributed by atoms with Crippen LogP contribution in [0.25, 0.3) is 0 Å². The van der Waals surface area contributed by atoms with Crippen molar-refractivity contribution in [3.8, 4) is 11.5 Å². The Kier molecular flexibility index (Phi) is 8.37. The number of hydrogen-bond donors (Lipinski definition) is 1. The van der Waals surface area contributed by atoms with Gasteiger partial charge in [-0.3, -0.25) is 14.4 Å². The lowest BCUT2D eigenvalue weighted by atomic mass is 9.84. The number of anilines is 1. The molecule has 39 heavy (non-hydrogen) atoms. The van der Waals surface area contributed by atoms with Crippen molar-refractivity contribution in [2.24, 2.45) is 5.41 Å². The van der Waals surface area contributed by atoms with Crippen molar-refractivity contribution in [3.05, 3.63) is 54.1 Å². The van der Waals surface area contributed by atoms with Crippen molar-refractivity contribution in [1.82, 2.24) is 15.1 Å². The zero-order chi connectivity index (χ0) is 28.2. The second kappa shape index (κ2) is 11.6. The summed E-state index contributed by atoms with van der Waals surface area (Å²) < 4.78 is 10.6. The minimum Gasteiger partial charge on any atom is -0.493 e. The van der Waals surface area contributed by atoms with Crippen LogP contribution in [-0.2, 0) is 20.8 Å². The van der Waals surface area contributed by atoms with Gasteiger partial charge in [-0.2, -0.15) is 0 Å². The summed E-state index contributed by atoms with van der Waals surface area (Å²) in [6.07, 6.45) is 1.68. The molecule has 3 amide bonds. The normalized spacial score (nSPS) is 16.9. The van der Waals surface area contributed by atoms with Gasteiger partial charge in [-0.05, 0) is 49.1 Å². The quantitative estimate of drug-likeness (QED) is 0.558. The molecule has 0 bridgehead atoms. The first-order valence-corrected chi connectivity index (χ1v) is 13.5. The van der Waals surface area contributed by atoms with E-state index in [1.165, 1.54) is 0 Å². The summed E-state index contributed by atoms with van der Waals surface area (Å²) in [6.45, 7) is 7.53. The van der Waals surface area contributed by atoms with Gasteiger partial charge in [0, 0.05) is 30.7 Å². The third kappa shape index (κ3) is 5.97. The van der Waals surface area contributed by atoms with E-state index in [2.05, 4.69) is 10.2 Å². The van der Waals surface area contributed by atoms with E-state index in [-0.39, 0.29) is 24.3 Å². The first-order chi connectivity index (χ1) is 18.6. The molecule has 2 saturated heterocycles. The van der Waals surface area contributed by atoms with Gasteiger partial charge in [-0.25, -0.2) is 0 Å². The molecule has 1 N–H and O–H groups in total. The number of carbonyl (C=O) groups is 3. The summed E-state index contributed by atoms with van der Waals surface area (Å²) in [5.74, 6) is 1.15. The Morgan fingerprint density at radius 3 is 2.26 bits per heavy atom. The summed E-state index contributed by atoms with van der Waals surface area (Å²) in [7, 11) is 3.18. The largest absolute Gasteiger partial charge is 0.493 e. The maximum absolute atomic E-state index is 13.9. The van der Waals surface area contributed by atoms with Crippen molar-refractivity contribution >= 4 is 23.4 Å². The molecule has 1 spiro atoms. The topological polar surface area (TPSA) is 91.4 Å². The van der Waals surface area contributed by atoms with Gasteiger partial charge in [0.05, 0.1) is 20.9 Å². The van der Waals surface area contributed by atoms with Gasteiger partial charge >= 0.3 is 0 Å². The fourth-order valence-corrected chi connectivity index (χ4v) is 5.49. The van der Waals surface area contributed by atoms with Crippen molar-refractivity contribution in [3.63, 3.8) is 0 Å². The number of hydrogen-bond acceptors (Lipinski definition) is 6. The summed E-state index contributed by atoms with van der Waals surface area (Å²) in [5.41, 5.74) is 0.717. The molecule has 2 fully saturated rings. The number of para-hydroxylation sites is 1. The number of benzene rings is 2. The molecule has 2 aromatic rings. The van der Waals surface area contributed by atoms with Gasteiger partial charge in [0.25, 0.3) is 5.91 Å². The zero-order valence-electron chi connectivity index (χ0n) is 23.7. The Balaban J connectivity index is 1.41. The maximum Gasteiger partial charge on any atom is 0.250 e. The minimum atomic E-state index is -0.768. The van der Waals surface area contributed by atoms with Crippen molar-refractivity contribution in [2.75, 3.05) is 52.0 Å². The minimum absolute atomic E-state index is 0.0134. The number of amides is 3. The van der Waals surface area contributed by atoms with E-state index in [0.717, 1.165) is 11.3 Å². The van der Waals surface area contributed by atoms with Crippen LogP contribution in [0.2, 0.25) is 0 Å². The average Bonchev–Trinajstić information content (AvgIpc) is 3.19. The van der Waals surface area contributed by atoms with Gasteiger partial charge in [0.1, 0.15) is 12.1 Å². The highest BCUT2D eigenvalue weighted by atomic mass is 16.5. The molecule has 2 aromatic carbocycles. The summed E-state index contributed by atoms with van der Waals surface area (Å²) in [4.78, 5) is 45.3. The summed E-state index contributed by atoms with van der Waals surface area (Å²) >= 11 is 0. The number of piperidine rings is 1. The van der Waals surface area contributed by atoms with E-state index in [1.807, 2.05) is 74.2 Å². The molecule has 0 unspecified atom stereocenters. The van der Waals surface area contributed by atoms with E-state index in [4.69, 9.17) is 9.47 Å². The molecular formula is C30H40N4O5. The van der Waals surface area contributed by atoms with Gasteiger partial charge in [0.2, 0.25) is 11.8 Å². The first kappa shape index (κ1) is 28.3.